The first-order valence-electron chi connectivity index (χ1n) is 9.81. The summed E-state index contributed by atoms with van der Waals surface area (Å²) in [5, 5.41) is 12.7. The van der Waals surface area contributed by atoms with Gasteiger partial charge in [0.05, 0.1) is 12.1 Å². The zero-order valence-corrected chi connectivity index (χ0v) is 15.5. The predicted molar refractivity (Wildman–Crippen MR) is 100 cm³/mol. The van der Waals surface area contributed by atoms with Crippen molar-refractivity contribution in [2.45, 2.75) is 44.6 Å². The molecule has 2 heterocycles. The van der Waals surface area contributed by atoms with Crippen molar-refractivity contribution in [1.82, 2.24) is 10.2 Å². The zero-order chi connectivity index (χ0) is 18.2. The van der Waals surface area contributed by atoms with Gasteiger partial charge in [0.1, 0.15) is 5.41 Å². The van der Waals surface area contributed by atoms with Crippen LogP contribution in [0.3, 0.4) is 0 Å². The maximum Gasteiger partial charge on any atom is 0.240 e. The molecule has 3 rings (SSSR count). The molecule has 26 heavy (non-hydrogen) atoms. The summed E-state index contributed by atoms with van der Waals surface area (Å²) < 4.78 is 5.34. The molecule has 1 amide bonds. The highest BCUT2D eigenvalue weighted by Gasteiger charge is 2.40. The minimum Gasteiger partial charge on any atom is -0.381 e. The zero-order valence-electron chi connectivity index (χ0n) is 15.5. The normalized spacial score (nSPS) is 22.0. The molecule has 0 aromatic heterocycles. The first-order valence-corrected chi connectivity index (χ1v) is 9.81. The first kappa shape index (κ1) is 18.9. The van der Waals surface area contributed by atoms with Gasteiger partial charge in [0.15, 0.2) is 0 Å². The average Bonchev–Trinajstić information content (AvgIpc) is 2.99. The van der Waals surface area contributed by atoms with Gasteiger partial charge in [-0.1, -0.05) is 43.2 Å². The van der Waals surface area contributed by atoms with Crippen molar-refractivity contribution in [3.63, 3.8) is 0 Å². The number of likely N-dealkylation sites (tertiary alicyclic amines) is 1. The molecule has 140 valence electrons. The number of carbonyl (C=O) groups is 1. The number of ether oxygens (including phenoxy) is 1. The number of benzene rings is 1. The van der Waals surface area contributed by atoms with Crippen LogP contribution in [0, 0.1) is 16.7 Å². The molecular formula is C21H29N3O2. The monoisotopic (exact) mass is 355 g/mol. The van der Waals surface area contributed by atoms with E-state index in [1.54, 1.807) is 0 Å². The van der Waals surface area contributed by atoms with Gasteiger partial charge in [-0.25, -0.2) is 0 Å². The predicted octanol–water partition coefficient (Wildman–Crippen LogP) is 3.04. The molecule has 2 aliphatic rings. The van der Waals surface area contributed by atoms with Crippen LogP contribution in [0.15, 0.2) is 30.3 Å². The van der Waals surface area contributed by atoms with Crippen LogP contribution < -0.4 is 5.32 Å². The van der Waals surface area contributed by atoms with E-state index in [0.717, 1.165) is 13.1 Å². The number of rotatable bonds is 5. The van der Waals surface area contributed by atoms with Gasteiger partial charge in [0, 0.05) is 19.8 Å². The van der Waals surface area contributed by atoms with Crippen molar-refractivity contribution in [3.05, 3.63) is 35.9 Å². The van der Waals surface area contributed by atoms with Gasteiger partial charge in [-0.2, -0.15) is 5.26 Å². The second-order valence-electron chi connectivity index (χ2n) is 7.39. The van der Waals surface area contributed by atoms with Crippen LogP contribution in [0.25, 0.3) is 0 Å². The number of nitrogens with zero attached hydrogens (tertiary/aromatic N) is 2. The number of nitriles is 1. The van der Waals surface area contributed by atoms with Crippen molar-refractivity contribution in [1.29, 1.82) is 5.26 Å². The van der Waals surface area contributed by atoms with E-state index >= 15 is 0 Å². The lowest BCUT2D eigenvalue weighted by Crippen LogP contribution is -2.47. The fourth-order valence-corrected chi connectivity index (χ4v) is 4.01. The highest BCUT2D eigenvalue weighted by Crippen LogP contribution is 2.30. The summed E-state index contributed by atoms with van der Waals surface area (Å²) in [7, 11) is 0. The first-order chi connectivity index (χ1) is 12.7. The molecule has 5 heteroatoms. The molecule has 0 aliphatic carbocycles. The van der Waals surface area contributed by atoms with E-state index in [2.05, 4.69) is 40.6 Å². The summed E-state index contributed by atoms with van der Waals surface area (Å²) in [5.74, 6) is -0.140. The maximum absolute atomic E-state index is 12.8. The van der Waals surface area contributed by atoms with E-state index in [4.69, 9.17) is 4.74 Å². The molecule has 1 aromatic carbocycles. The smallest absolute Gasteiger partial charge is 0.240 e. The maximum atomic E-state index is 12.8. The molecule has 1 atom stereocenters. The topological polar surface area (TPSA) is 65.4 Å². The molecule has 0 spiro atoms. The third-order valence-corrected chi connectivity index (χ3v) is 5.72. The Kier molecular flexibility index (Phi) is 6.65. The summed E-state index contributed by atoms with van der Waals surface area (Å²) in [4.78, 5) is 15.3. The average molecular weight is 355 g/mol. The fourth-order valence-electron chi connectivity index (χ4n) is 4.01. The second kappa shape index (κ2) is 9.16. The Bertz CT molecular complexity index is 612. The molecule has 0 bridgehead atoms. The second-order valence-corrected chi connectivity index (χ2v) is 7.39. The molecule has 5 nitrogen and oxygen atoms in total. The number of hydrogen-bond acceptors (Lipinski definition) is 4. The van der Waals surface area contributed by atoms with E-state index in [0.29, 0.717) is 32.6 Å². The lowest BCUT2D eigenvalue weighted by Gasteiger charge is -2.33. The quantitative estimate of drug-likeness (QED) is 0.882. The van der Waals surface area contributed by atoms with Crippen LogP contribution in [0.5, 0.6) is 0 Å². The van der Waals surface area contributed by atoms with E-state index in [9.17, 15) is 10.1 Å². The Hall–Kier alpha value is -1.90. The lowest BCUT2D eigenvalue weighted by atomic mass is 9.81. The standard InChI is InChI=1S/C21H29N3O2/c22-17-21(10-14-26-15-11-21)20(25)23-16-19(18-8-4-3-5-9-18)24-12-6-1-2-7-13-24/h3-5,8-9,19H,1-2,6-7,10-16H2,(H,23,25)/t19-/m1/s1. The van der Waals surface area contributed by atoms with Crippen LogP contribution in [0.4, 0.5) is 0 Å². The number of carbonyl (C=O) groups excluding carboxylic acids is 1. The van der Waals surface area contributed by atoms with Gasteiger partial charge in [-0.3, -0.25) is 9.69 Å². The third kappa shape index (κ3) is 4.44. The number of amides is 1. The molecule has 0 unspecified atom stereocenters. The molecule has 2 saturated heterocycles. The van der Waals surface area contributed by atoms with Crippen molar-refractivity contribution in [2.24, 2.45) is 5.41 Å². The Balaban J connectivity index is 1.71. The van der Waals surface area contributed by atoms with E-state index in [-0.39, 0.29) is 11.9 Å². The van der Waals surface area contributed by atoms with Gasteiger partial charge in [-0.05, 0) is 44.3 Å². The molecule has 2 fully saturated rings. The molecule has 1 N–H and O–H groups in total. The van der Waals surface area contributed by atoms with Crippen molar-refractivity contribution in [2.75, 3.05) is 32.8 Å². The number of hydrogen-bond donors (Lipinski definition) is 1. The van der Waals surface area contributed by atoms with E-state index in [1.807, 2.05) is 6.07 Å². The van der Waals surface area contributed by atoms with Gasteiger partial charge >= 0.3 is 0 Å². The largest absolute Gasteiger partial charge is 0.381 e. The van der Waals surface area contributed by atoms with Gasteiger partial charge < -0.3 is 10.1 Å². The lowest BCUT2D eigenvalue weighted by molar-refractivity contribution is -0.132. The summed E-state index contributed by atoms with van der Waals surface area (Å²) in [6, 6.07) is 12.8. The minimum absolute atomic E-state index is 0.140. The highest BCUT2D eigenvalue weighted by molar-refractivity contribution is 5.85. The summed E-state index contributed by atoms with van der Waals surface area (Å²) in [5.41, 5.74) is 0.297. The van der Waals surface area contributed by atoms with Crippen molar-refractivity contribution < 1.29 is 9.53 Å². The van der Waals surface area contributed by atoms with Crippen LogP contribution in [-0.4, -0.2) is 43.7 Å². The van der Waals surface area contributed by atoms with Crippen LogP contribution in [-0.2, 0) is 9.53 Å². The summed E-state index contributed by atoms with van der Waals surface area (Å²) >= 11 is 0. The van der Waals surface area contributed by atoms with Crippen LogP contribution >= 0.6 is 0 Å². The van der Waals surface area contributed by atoms with E-state index < -0.39 is 5.41 Å². The molecular weight excluding hydrogens is 326 g/mol. The van der Waals surface area contributed by atoms with Gasteiger partial charge in [-0.15, -0.1) is 0 Å². The SMILES string of the molecule is N#CC1(C(=O)NC[C@H](c2ccccc2)N2CCCCCC2)CCOCC1. The number of nitrogens with one attached hydrogen (secondary N) is 1. The summed E-state index contributed by atoms with van der Waals surface area (Å²) in [6.07, 6.45) is 5.93. The minimum atomic E-state index is -0.932. The van der Waals surface area contributed by atoms with Crippen LogP contribution in [0.2, 0.25) is 0 Å². The highest BCUT2D eigenvalue weighted by atomic mass is 16.5. The van der Waals surface area contributed by atoms with Crippen molar-refractivity contribution in [3.8, 4) is 6.07 Å². The molecule has 1 aromatic rings. The Morgan fingerprint density at radius 2 is 1.81 bits per heavy atom. The molecule has 2 aliphatic heterocycles. The fraction of sp³-hybridized carbons (Fsp3) is 0.619. The third-order valence-electron chi connectivity index (χ3n) is 5.72. The van der Waals surface area contributed by atoms with Gasteiger partial charge in [0.25, 0.3) is 0 Å². The molecule has 0 saturated carbocycles. The van der Waals surface area contributed by atoms with E-state index in [1.165, 1.54) is 31.2 Å². The Morgan fingerprint density at radius 3 is 2.42 bits per heavy atom. The van der Waals surface area contributed by atoms with Gasteiger partial charge in [0.2, 0.25) is 5.91 Å². The summed E-state index contributed by atoms with van der Waals surface area (Å²) in [6.45, 7) is 3.64. The molecule has 0 radical (unpaired) electrons. The van der Waals surface area contributed by atoms with Crippen LogP contribution in [0.1, 0.15) is 50.1 Å². The van der Waals surface area contributed by atoms with Crippen molar-refractivity contribution >= 4 is 5.91 Å². The Labute approximate surface area is 156 Å². The Morgan fingerprint density at radius 1 is 1.15 bits per heavy atom.